The van der Waals surface area contributed by atoms with Crippen LogP contribution in [0.1, 0.15) is 32.1 Å². The minimum absolute atomic E-state index is 0.0391. The highest BCUT2D eigenvalue weighted by Gasteiger charge is 2.41. The second kappa shape index (κ2) is 3.66. The summed E-state index contributed by atoms with van der Waals surface area (Å²) in [6, 6.07) is 0. The molecule has 1 spiro atoms. The molecular weight excluding hydrogens is 166 g/mol. The molecule has 0 aromatic heterocycles. The lowest BCUT2D eigenvalue weighted by molar-refractivity contribution is -0.155. The number of nitrogens with one attached hydrogen (secondary N) is 1. The maximum Gasteiger partial charge on any atom is 0.313 e. The van der Waals surface area contributed by atoms with Crippen molar-refractivity contribution in [3.63, 3.8) is 0 Å². The van der Waals surface area contributed by atoms with Crippen LogP contribution in [-0.4, -0.2) is 25.7 Å². The Labute approximate surface area is 78.8 Å². The third kappa shape index (κ3) is 1.70. The molecule has 1 aliphatic heterocycles. The van der Waals surface area contributed by atoms with Crippen molar-refractivity contribution in [3.8, 4) is 0 Å². The SMILES string of the molecule is O=C1OCCNCC12CCCCC2. The highest BCUT2D eigenvalue weighted by Crippen LogP contribution is 2.37. The van der Waals surface area contributed by atoms with E-state index in [1.54, 1.807) is 0 Å². The van der Waals surface area contributed by atoms with E-state index in [2.05, 4.69) is 5.32 Å². The van der Waals surface area contributed by atoms with E-state index in [1.807, 2.05) is 0 Å². The predicted octanol–water partition coefficient (Wildman–Crippen LogP) is 1.08. The first-order chi connectivity index (χ1) is 6.33. The molecule has 1 aliphatic carbocycles. The second-order valence-corrected chi connectivity index (χ2v) is 4.15. The van der Waals surface area contributed by atoms with Gasteiger partial charge in [0.1, 0.15) is 6.61 Å². The average Bonchev–Trinajstić information content (AvgIpc) is 2.33. The molecule has 0 bridgehead atoms. The Morgan fingerprint density at radius 2 is 2.00 bits per heavy atom. The lowest BCUT2D eigenvalue weighted by Crippen LogP contribution is -2.40. The highest BCUT2D eigenvalue weighted by molar-refractivity contribution is 5.77. The van der Waals surface area contributed by atoms with E-state index in [0.717, 1.165) is 25.9 Å². The fourth-order valence-corrected chi connectivity index (χ4v) is 2.38. The third-order valence-corrected chi connectivity index (χ3v) is 3.22. The first kappa shape index (κ1) is 9.00. The van der Waals surface area contributed by atoms with E-state index in [-0.39, 0.29) is 11.4 Å². The molecule has 74 valence electrons. The van der Waals surface area contributed by atoms with Gasteiger partial charge in [0, 0.05) is 13.1 Å². The summed E-state index contributed by atoms with van der Waals surface area (Å²) in [7, 11) is 0. The van der Waals surface area contributed by atoms with Crippen LogP contribution >= 0.6 is 0 Å². The summed E-state index contributed by atoms with van der Waals surface area (Å²) >= 11 is 0. The average molecular weight is 183 g/mol. The van der Waals surface area contributed by atoms with Crippen LogP contribution in [0.15, 0.2) is 0 Å². The molecule has 1 heterocycles. The summed E-state index contributed by atoms with van der Waals surface area (Å²) in [5.41, 5.74) is -0.172. The lowest BCUT2D eigenvalue weighted by atomic mass is 9.74. The maximum absolute atomic E-state index is 11.7. The maximum atomic E-state index is 11.7. The number of ether oxygens (including phenoxy) is 1. The van der Waals surface area contributed by atoms with E-state index in [9.17, 15) is 4.79 Å². The van der Waals surface area contributed by atoms with Crippen LogP contribution in [0.5, 0.6) is 0 Å². The Balaban J connectivity index is 2.10. The van der Waals surface area contributed by atoms with E-state index in [0.29, 0.717) is 6.61 Å². The fraction of sp³-hybridized carbons (Fsp3) is 0.900. The minimum Gasteiger partial charge on any atom is -0.464 e. The molecule has 2 rings (SSSR count). The number of rotatable bonds is 0. The van der Waals surface area contributed by atoms with Crippen molar-refractivity contribution < 1.29 is 9.53 Å². The highest BCUT2D eigenvalue weighted by atomic mass is 16.5. The lowest BCUT2D eigenvalue weighted by Gasteiger charge is -2.33. The van der Waals surface area contributed by atoms with Crippen LogP contribution in [0.3, 0.4) is 0 Å². The zero-order valence-electron chi connectivity index (χ0n) is 7.97. The van der Waals surface area contributed by atoms with E-state index >= 15 is 0 Å². The molecule has 0 unspecified atom stereocenters. The Kier molecular flexibility index (Phi) is 2.54. The zero-order chi connectivity index (χ0) is 9.15. The molecule has 1 saturated carbocycles. The van der Waals surface area contributed by atoms with Gasteiger partial charge in [-0.15, -0.1) is 0 Å². The molecule has 1 N–H and O–H groups in total. The van der Waals surface area contributed by atoms with Gasteiger partial charge in [-0.25, -0.2) is 0 Å². The molecule has 0 radical (unpaired) electrons. The van der Waals surface area contributed by atoms with Crippen molar-refractivity contribution in [2.24, 2.45) is 5.41 Å². The van der Waals surface area contributed by atoms with Gasteiger partial charge in [0.2, 0.25) is 0 Å². The standard InChI is InChI=1S/C10H17NO2/c12-9-10(4-2-1-3-5-10)8-11-6-7-13-9/h11H,1-8H2. The van der Waals surface area contributed by atoms with Crippen molar-refractivity contribution in [3.05, 3.63) is 0 Å². The van der Waals surface area contributed by atoms with Gasteiger partial charge in [0.15, 0.2) is 0 Å². The van der Waals surface area contributed by atoms with Crippen molar-refractivity contribution in [2.75, 3.05) is 19.7 Å². The summed E-state index contributed by atoms with van der Waals surface area (Å²) in [6.45, 7) is 2.18. The van der Waals surface area contributed by atoms with Gasteiger partial charge in [-0.3, -0.25) is 4.79 Å². The first-order valence-corrected chi connectivity index (χ1v) is 5.21. The number of cyclic esters (lactones) is 1. The molecule has 0 atom stereocenters. The molecule has 0 amide bonds. The Hall–Kier alpha value is -0.570. The van der Waals surface area contributed by atoms with E-state index in [4.69, 9.17) is 4.74 Å². The van der Waals surface area contributed by atoms with Gasteiger partial charge in [0.05, 0.1) is 5.41 Å². The molecule has 1 saturated heterocycles. The molecule has 13 heavy (non-hydrogen) atoms. The Bertz CT molecular complexity index is 197. The third-order valence-electron chi connectivity index (χ3n) is 3.22. The van der Waals surface area contributed by atoms with Gasteiger partial charge >= 0.3 is 5.97 Å². The van der Waals surface area contributed by atoms with Crippen LogP contribution in [-0.2, 0) is 9.53 Å². The second-order valence-electron chi connectivity index (χ2n) is 4.15. The van der Waals surface area contributed by atoms with Crippen LogP contribution in [0, 0.1) is 5.41 Å². The summed E-state index contributed by atoms with van der Waals surface area (Å²) in [5.74, 6) is 0.0391. The Morgan fingerprint density at radius 3 is 2.77 bits per heavy atom. The van der Waals surface area contributed by atoms with Gasteiger partial charge < -0.3 is 10.1 Å². The zero-order valence-corrected chi connectivity index (χ0v) is 7.97. The molecule has 0 aromatic rings. The number of carbonyl (C=O) groups is 1. The molecule has 3 nitrogen and oxygen atoms in total. The molecule has 3 heteroatoms. The smallest absolute Gasteiger partial charge is 0.313 e. The summed E-state index contributed by atoms with van der Waals surface area (Å²) in [6.07, 6.45) is 5.65. The van der Waals surface area contributed by atoms with Crippen LogP contribution in [0.2, 0.25) is 0 Å². The van der Waals surface area contributed by atoms with Gasteiger partial charge in [0.25, 0.3) is 0 Å². The van der Waals surface area contributed by atoms with Crippen molar-refractivity contribution in [1.29, 1.82) is 0 Å². The predicted molar refractivity (Wildman–Crippen MR) is 49.3 cm³/mol. The molecule has 2 fully saturated rings. The van der Waals surface area contributed by atoms with E-state index < -0.39 is 0 Å². The van der Waals surface area contributed by atoms with Gasteiger partial charge in [-0.2, -0.15) is 0 Å². The summed E-state index contributed by atoms with van der Waals surface area (Å²) in [5, 5.41) is 3.29. The normalized spacial score (nSPS) is 28.2. The molecule has 0 aromatic carbocycles. The van der Waals surface area contributed by atoms with Crippen LogP contribution < -0.4 is 5.32 Å². The van der Waals surface area contributed by atoms with E-state index in [1.165, 1.54) is 19.3 Å². The van der Waals surface area contributed by atoms with Crippen LogP contribution in [0.25, 0.3) is 0 Å². The first-order valence-electron chi connectivity index (χ1n) is 5.21. The van der Waals surface area contributed by atoms with Crippen molar-refractivity contribution in [2.45, 2.75) is 32.1 Å². The summed E-state index contributed by atoms with van der Waals surface area (Å²) in [4.78, 5) is 11.7. The van der Waals surface area contributed by atoms with Crippen molar-refractivity contribution >= 4 is 5.97 Å². The topological polar surface area (TPSA) is 38.3 Å². The summed E-state index contributed by atoms with van der Waals surface area (Å²) < 4.78 is 5.19. The largest absolute Gasteiger partial charge is 0.464 e. The molecular formula is C10H17NO2. The monoisotopic (exact) mass is 183 g/mol. The number of carbonyl (C=O) groups excluding carboxylic acids is 1. The van der Waals surface area contributed by atoms with Gasteiger partial charge in [-0.05, 0) is 12.8 Å². The Morgan fingerprint density at radius 1 is 1.23 bits per heavy atom. The number of hydrogen-bond donors (Lipinski definition) is 1. The van der Waals surface area contributed by atoms with Crippen molar-refractivity contribution in [1.82, 2.24) is 5.32 Å². The molecule has 2 aliphatic rings. The fourth-order valence-electron chi connectivity index (χ4n) is 2.38. The minimum atomic E-state index is -0.172. The quantitative estimate of drug-likeness (QED) is 0.571. The van der Waals surface area contributed by atoms with Gasteiger partial charge in [-0.1, -0.05) is 19.3 Å². The number of esters is 1. The van der Waals surface area contributed by atoms with Crippen LogP contribution in [0.4, 0.5) is 0 Å². The number of hydrogen-bond acceptors (Lipinski definition) is 3.